The molecule has 2 rings (SSSR count). The largest absolute Gasteiger partial charge is 0.416 e. The number of benzene rings is 2. The van der Waals surface area contributed by atoms with Gasteiger partial charge in [-0.2, -0.15) is 13.2 Å². The maximum Gasteiger partial charge on any atom is 0.416 e. The Morgan fingerprint density at radius 2 is 1.70 bits per heavy atom. The molecule has 5 heteroatoms. The summed E-state index contributed by atoms with van der Waals surface area (Å²) in [7, 11) is 0. The van der Waals surface area contributed by atoms with Crippen LogP contribution in [0.15, 0.2) is 42.5 Å². The normalized spacial score (nSPS) is 11.4. The number of hydrogen-bond donors (Lipinski definition) is 1. The first kappa shape index (κ1) is 14.4. The molecule has 20 heavy (non-hydrogen) atoms. The van der Waals surface area contributed by atoms with E-state index in [1.54, 1.807) is 19.1 Å². The smallest absolute Gasteiger partial charge is 0.378 e. The standard InChI is InChI=1S/C15H13F4N/c1-10-5-4-8-13(16)14(10)20-9-11-6-2-3-7-12(11)15(17,18)19/h2-8,20H,9H2,1H3. The van der Waals surface area contributed by atoms with Gasteiger partial charge in [0.15, 0.2) is 0 Å². The highest BCUT2D eigenvalue weighted by molar-refractivity contribution is 5.52. The van der Waals surface area contributed by atoms with E-state index < -0.39 is 17.6 Å². The molecule has 0 radical (unpaired) electrons. The quantitative estimate of drug-likeness (QED) is 0.800. The minimum atomic E-state index is -4.41. The lowest BCUT2D eigenvalue weighted by Crippen LogP contribution is -2.12. The van der Waals surface area contributed by atoms with Crippen molar-refractivity contribution in [3.8, 4) is 0 Å². The van der Waals surface area contributed by atoms with Gasteiger partial charge in [0.05, 0.1) is 11.3 Å². The van der Waals surface area contributed by atoms with Crippen molar-refractivity contribution in [2.75, 3.05) is 5.32 Å². The lowest BCUT2D eigenvalue weighted by molar-refractivity contribution is -0.138. The maximum absolute atomic E-state index is 13.6. The van der Waals surface area contributed by atoms with Crippen LogP contribution in [0.2, 0.25) is 0 Å². The lowest BCUT2D eigenvalue weighted by atomic mass is 10.1. The van der Waals surface area contributed by atoms with Crippen molar-refractivity contribution >= 4 is 5.69 Å². The summed E-state index contributed by atoms with van der Waals surface area (Å²) in [5.41, 5.74) is 0.253. The predicted molar refractivity (Wildman–Crippen MR) is 69.9 cm³/mol. The first-order valence-corrected chi connectivity index (χ1v) is 6.03. The Kier molecular flexibility index (Phi) is 3.97. The van der Waals surface area contributed by atoms with Gasteiger partial charge in [-0.3, -0.25) is 0 Å². The number of anilines is 1. The van der Waals surface area contributed by atoms with Crippen LogP contribution in [0.1, 0.15) is 16.7 Å². The van der Waals surface area contributed by atoms with E-state index in [-0.39, 0.29) is 17.8 Å². The number of para-hydroxylation sites is 1. The van der Waals surface area contributed by atoms with Crippen LogP contribution in [-0.4, -0.2) is 0 Å². The highest BCUT2D eigenvalue weighted by atomic mass is 19.4. The summed E-state index contributed by atoms with van der Waals surface area (Å²) in [6, 6.07) is 9.78. The molecule has 0 fully saturated rings. The van der Waals surface area contributed by atoms with Gasteiger partial charge in [-0.05, 0) is 30.2 Å². The topological polar surface area (TPSA) is 12.0 Å². The van der Waals surface area contributed by atoms with E-state index in [1.165, 1.54) is 24.3 Å². The summed E-state index contributed by atoms with van der Waals surface area (Å²) in [6.07, 6.45) is -4.41. The molecule has 2 aromatic carbocycles. The first-order valence-electron chi connectivity index (χ1n) is 6.03. The molecule has 0 amide bonds. The molecule has 0 saturated carbocycles. The summed E-state index contributed by atoms with van der Waals surface area (Å²) in [4.78, 5) is 0. The summed E-state index contributed by atoms with van der Waals surface area (Å²) in [5, 5.41) is 2.74. The third-order valence-electron chi connectivity index (χ3n) is 3.00. The number of hydrogen-bond acceptors (Lipinski definition) is 1. The fourth-order valence-electron chi connectivity index (χ4n) is 1.99. The molecule has 0 saturated heterocycles. The van der Waals surface area contributed by atoms with Crippen LogP contribution in [0.4, 0.5) is 23.2 Å². The molecular formula is C15H13F4N. The van der Waals surface area contributed by atoms with Crippen molar-refractivity contribution in [3.05, 3.63) is 65.0 Å². The van der Waals surface area contributed by atoms with Gasteiger partial charge in [0.25, 0.3) is 0 Å². The van der Waals surface area contributed by atoms with Crippen molar-refractivity contribution in [1.29, 1.82) is 0 Å². The van der Waals surface area contributed by atoms with Crippen LogP contribution in [0.5, 0.6) is 0 Å². The predicted octanol–water partition coefficient (Wildman–Crippen LogP) is 4.77. The summed E-state index contributed by atoms with van der Waals surface area (Å²) in [5.74, 6) is -0.477. The van der Waals surface area contributed by atoms with Gasteiger partial charge in [-0.1, -0.05) is 30.3 Å². The number of rotatable bonds is 3. The van der Waals surface area contributed by atoms with Crippen molar-refractivity contribution < 1.29 is 17.6 Å². The second-order valence-electron chi connectivity index (χ2n) is 4.44. The molecule has 1 N–H and O–H groups in total. The van der Waals surface area contributed by atoms with Gasteiger partial charge in [0, 0.05) is 6.54 Å². The van der Waals surface area contributed by atoms with Crippen LogP contribution in [0.3, 0.4) is 0 Å². The number of nitrogens with one attached hydrogen (secondary N) is 1. The zero-order chi connectivity index (χ0) is 14.8. The van der Waals surface area contributed by atoms with E-state index in [4.69, 9.17) is 0 Å². The third-order valence-corrected chi connectivity index (χ3v) is 3.00. The van der Waals surface area contributed by atoms with E-state index in [2.05, 4.69) is 5.32 Å². The van der Waals surface area contributed by atoms with Gasteiger partial charge < -0.3 is 5.32 Å². The third kappa shape index (κ3) is 3.10. The second kappa shape index (κ2) is 5.53. The van der Waals surface area contributed by atoms with Crippen molar-refractivity contribution in [2.24, 2.45) is 0 Å². The van der Waals surface area contributed by atoms with Gasteiger partial charge in [0.1, 0.15) is 5.82 Å². The van der Waals surface area contributed by atoms with Crippen molar-refractivity contribution in [2.45, 2.75) is 19.6 Å². The Morgan fingerprint density at radius 1 is 1.00 bits per heavy atom. The molecule has 0 atom stereocenters. The Hall–Kier alpha value is -2.04. The van der Waals surface area contributed by atoms with Crippen molar-refractivity contribution in [1.82, 2.24) is 0 Å². The molecule has 0 aliphatic heterocycles. The lowest BCUT2D eigenvalue weighted by Gasteiger charge is -2.15. The minimum Gasteiger partial charge on any atom is -0.378 e. The molecule has 0 aromatic heterocycles. The average Bonchev–Trinajstić information content (AvgIpc) is 2.37. The molecule has 0 bridgehead atoms. The Morgan fingerprint density at radius 3 is 2.35 bits per heavy atom. The SMILES string of the molecule is Cc1cccc(F)c1NCc1ccccc1C(F)(F)F. The van der Waals surface area contributed by atoms with Gasteiger partial charge in [0.2, 0.25) is 0 Å². The molecule has 106 valence electrons. The first-order chi connectivity index (χ1) is 9.39. The minimum absolute atomic E-state index is 0.0858. The van der Waals surface area contributed by atoms with Gasteiger partial charge in [-0.15, -0.1) is 0 Å². The molecule has 0 unspecified atom stereocenters. The van der Waals surface area contributed by atoms with Crippen LogP contribution >= 0.6 is 0 Å². The average molecular weight is 283 g/mol. The zero-order valence-corrected chi connectivity index (χ0v) is 10.8. The highest BCUT2D eigenvalue weighted by Crippen LogP contribution is 2.32. The highest BCUT2D eigenvalue weighted by Gasteiger charge is 2.32. The maximum atomic E-state index is 13.6. The number of halogens is 4. The van der Waals surface area contributed by atoms with Crippen molar-refractivity contribution in [3.63, 3.8) is 0 Å². The van der Waals surface area contributed by atoms with E-state index in [0.29, 0.717) is 5.56 Å². The molecule has 2 aromatic rings. The van der Waals surface area contributed by atoms with Crippen LogP contribution in [-0.2, 0) is 12.7 Å². The van der Waals surface area contributed by atoms with Gasteiger partial charge >= 0.3 is 6.18 Å². The molecule has 0 heterocycles. The number of alkyl halides is 3. The molecule has 0 aliphatic carbocycles. The zero-order valence-electron chi connectivity index (χ0n) is 10.8. The molecular weight excluding hydrogens is 270 g/mol. The summed E-state index contributed by atoms with van der Waals surface area (Å²) >= 11 is 0. The molecule has 0 aliphatic rings. The monoisotopic (exact) mass is 283 g/mol. The summed E-state index contributed by atoms with van der Waals surface area (Å²) < 4.78 is 52.1. The molecule has 1 nitrogen and oxygen atoms in total. The van der Waals surface area contributed by atoms with E-state index >= 15 is 0 Å². The van der Waals surface area contributed by atoms with Crippen LogP contribution in [0, 0.1) is 12.7 Å². The number of aryl methyl sites for hydroxylation is 1. The summed E-state index contributed by atoms with van der Waals surface area (Å²) in [6.45, 7) is 1.61. The van der Waals surface area contributed by atoms with Crippen LogP contribution in [0.25, 0.3) is 0 Å². The Bertz CT molecular complexity index is 585. The molecule has 0 spiro atoms. The fourth-order valence-corrected chi connectivity index (χ4v) is 1.99. The van der Waals surface area contributed by atoms with E-state index in [9.17, 15) is 17.6 Å². The Labute approximate surface area is 114 Å². The Balaban J connectivity index is 2.24. The van der Waals surface area contributed by atoms with Crippen LogP contribution < -0.4 is 5.32 Å². The fraction of sp³-hybridized carbons (Fsp3) is 0.200. The van der Waals surface area contributed by atoms with E-state index in [0.717, 1.165) is 6.07 Å². The second-order valence-corrected chi connectivity index (χ2v) is 4.44. The van der Waals surface area contributed by atoms with Gasteiger partial charge in [-0.25, -0.2) is 4.39 Å². The van der Waals surface area contributed by atoms with E-state index in [1.807, 2.05) is 0 Å².